The predicted octanol–water partition coefficient (Wildman–Crippen LogP) is 4.05. The van der Waals surface area contributed by atoms with Gasteiger partial charge in [-0.1, -0.05) is 44.0 Å². The van der Waals surface area contributed by atoms with E-state index in [0.29, 0.717) is 52.0 Å². The quantitative estimate of drug-likeness (QED) is 0.205. The van der Waals surface area contributed by atoms with Gasteiger partial charge in [0, 0.05) is 5.41 Å². The Morgan fingerprint density at radius 1 is 0.794 bits per heavy atom. The molecule has 0 heterocycles. The lowest BCUT2D eigenvalue weighted by atomic mass is 9.78. The van der Waals surface area contributed by atoms with Gasteiger partial charge in [-0.05, 0) is 35.4 Å². The van der Waals surface area contributed by atoms with Crippen LogP contribution >= 0.6 is 11.6 Å². The minimum atomic E-state index is -0.672. The third-order valence-corrected chi connectivity index (χ3v) is 5.55. The van der Waals surface area contributed by atoms with E-state index in [1.54, 1.807) is 0 Å². The van der Waals surface area contributed by atoms with Gasteiger partial charge in [0.15, 0.2) is 0 Å². The second-order valence-electron chi connectivity index (χ2n) is 8.12. The lowest BCUT2D eigenvalue weighted by Gasteiger charge is -2.26. The van der Waals surface area contributed by atoms with Crippen molar-refractivity contribution < 1.29 is 28.8 Å². The van der Waals surface area contributed by atoms with Crippen molar-refractivity contribution in [2.24, 2.45) is 0 Å². The first kappa shape index (κ1) is 28.0. The number of alkyl halides is 1. The molecule has 186 valence electrons. The van der Waals surface area contributed by atoms with Crippen LogP contribution in [0.5, 0.6) is 11.5 Å². The van der Waals surface area contributed by atoms with Crippen LogP contribution in [-0.2, 0) is 19.6 Å². The molecular formula is C27H35ClO6. The molecule has 34 heavy (non-hydrogen) atoms. The van der Waals surface area contributed by atoms with E-state index in [2.05, 4.69) is 31.9 Å². The Labute approximate surface area is 208 Å². The number of hydrogen-bond acceptors (Lipinski definition) is 6. The van der Waals surface area contributed by atoms with Gasteiger partial charge in [-0.15, -0.1) is 18.0 Å². The third-order valence-electron chi connectivity index (χ3n) is 5.20. The normalized spacial score (nSPS) is 12.2. The summed E-state index contributed by atoms with van der Waals surface area (Å²) in [5.74, 6) is 4.06. The number of aliphatic hydroxyl groups is 1. The zero-order chi connectivity index (χ0) is 24.7. The van der Waals surface area contributed by atoms with Crippen molar-refractivity contribution in [2.45, 2.75) is 25.4 Å². The van der Waals surface area contributed by atoms with Gasteiger partial charge in [0.05, 0.1) is 38.9 Å². The Kier molecular flexibility index (Phi) is 12.8. The Bertz CT molecular complexity index is 845. The van der Waals surface area contributed by atoms with E-state index in [1.165, 1.54) is 5.56 Å². The molecule has 2 aromatic carbocycles. The number of terminal acetylenes is 1. The highest BCUT2D eigenvalue weighted by atomic mass is 35.5. The van der Waals surface area contributed by atoms with Crippen LogP contribution in [0.15, 0.2) is 48.5 Å². The van der Waals surface area contributed by atoms with Crippen molar-refractivity contribution in [3.63, 3.8) is 0 Å². The van der Waals surface area contributed by atoms with Gasteiger partial charge in [0.2, 0.25) is 0 Å². The zero-order valence-electron chi connectivity index (χ0n) is 20.0. The summed E-state index contributed by atoms with van der Waals surface area (Å²) < 4.78 is 27.3. The van der Waals surface area contributed by atoms with Crippen molar-refractivity contribution in [2.75, 3.05) is 58.7 Å². The molecule has 0 spiro atoms. The number of benzene rings is 2. The van der Waals surface area contributed by atoms with Crippen LogP contribution in [0.4, 0.5) is 0 Å². The second kappa shape index (κ2) is 15.6. The minimum Gasteiger partial charge on any atom is -0.491 e. The van der Waals surface area contributed by atoms with Crippen molar-refractivity contribution in [3.05, 3.63) is 59.7 Å². The highest BCUT2D eigenvalue weighted by Crippen LogP contribution is 2.33. The van der Waals surface area contributed by atoms with Gasteiger partial charge in [0.25, 0.3) is 0 Å². The average molecular weight is 491 g/mol. The first-order valence-corrected chi connectivity index (χ1v) is 11.9. The number of halogens is 1. The van der Waals surface area contributed by atoms with Crippen molar-refractivity contribution >= 4 is 11.6 Å². The van der Waals surface area contributed by atoms with Crippen LogP contribution in [0.3, 0.4) is 0 Å². The SMILES string of the molecule is C#CCOCCOCCOCCOc1ccc(C(C)(C)c2ccc(OCC(O)CCl)cc2)cc1. The summed E-state index contributed by atoms with van der Waals surface area (Å²) >= 11 is 5.60. The van der Waals surface area contributed by atoms with E-state index in [9.17, 15) is 5.11 Å². The summed E-state index contributed by atoms with van der Waals surface area (Å²) in [5, 5.41) is 9.53. The van der Waals surface area contributed by atoms with Gasteiger partial charge in [-0.2, -0.15) is 0 Å². The Balaban J connectivity index is 1.71. The molecule has 0 fully saturated rings. The van der Waals surface area contributed by atoms with Gasteiger partial charge in [0.1, 0.15) is 37.4 Å². The number of aliphatic hydroxyl groups excluding tert-OH is 1. The summed E-state index contributed by atoms with van der Waals surface area (Å²) in [5.41, 5.74) is 2.14. The number of ether oxygens (including phenoxy) is 5. The molecule has 0 aliphatic carbocycles. The molecule has 2 aromatic rings. The molecule has 1 atom stereocenters. The molecule has 0 aliphatic rings. The van der Waals surface area contributed by atoms with Gasteiger partial charge in [-0.25, -0.2) is 0 Å². The fourth-order valence-corrected chi connectivity index (χ4v) is 3.22. The van der Waals surface area contributed by atoms with Crippen molar-refractivity contribution in [3.8, 4) is 23.8 Å². The van der Waals surface area contributed by atoms with E-state index in [-0.39, 0.29) is 17.9 Å². The molecule has 0 bridgehead atoms. The summed E-state index contributed by atoms with van der Waals surface area (Å²) in [6.07, 6.45) is 4.42. The highest BCUT2D eigenvalue weighted by Gasteiger charge is 2.23. The minimum absolute atomic E-state index is 0.150. The molecule has 1 unspecified atom stereocenters. The molecule has 6 nitrogen and oxygen atoms in total. The summed E-state index contributed by atoms with van der Waals surface area (Å²) in [4.78, 5) is 0. The predicted molar refractivity (Wildman–Crippen MR) is 134 cm³/mol. The maximum absolute atomic E-state index is 9.53. The monoisotopic (exact) mass is 490 g/mol. The lowest BCUT2D eigenvalue weighted by molar-refractivity contribution is 0.0142. The van der Waals surface area contributed by atoms with E-state index < -0.39 is 6.10 Å². The van der Waals surface area contributed by atoms with E-state index >= 15 is 0 Å². The number of hydrogen-bond donors (Lipinski definition) is 1. The zero-order valence-corrected chi connectivity index (χ0v) is 20.8. The largest absolute Gasteiger partial charge is 0.491 e. The van der Waals surface area contributed by atoms with Crippen LogP contribution in [0, 0.1) is 12.3 Å². The molecule has 2 rings (SSSR count). The third kappa shape index (κ3) is 9.92. The molecule has 0 radical (unpaired) electrons. The highest BCUT2D eigenvalue weighted by molar-refractivity contribution is 6.18. The fourth-order valence-electron chi connectivity index (χ4n) is 3.13. The van der Waals surface area contributed by atoms with E-state index in [0.717, 1.165) is 11.3 Å². The van der Waals surface area contributed by atoms with Gasteiger partial charge < -0.3 is 28.8 Å². The topological polar surface area (TPSA) is 66.4 Å². The summed E-state index contributed by atoms with van der Waals surface area (Å²) in [6, 6.07) is 16.0. The van der Waals surface area contributed by atoms with Crippen molar-refractivity contribution in [1.29, 1.82) is 0 Å². The first-order valence-electron chi connectivity index (χ1n) is 11.3. The molecule has 7 heteroatoms. The Morgan fingerprint density at radius 2 is 1.26 bits per heavy atom. The maximum Gasteiger partial charge on any atom is 0.119 e. The molecular weight excluding hydrogens is 456 g/mol. The summed E-state index contributed by atoms with van der Waals surface area (Å²) in [7, 11) is 0. The van der Waals surface area contributed by atoms with Crippen LogP contribution in [0.1, 0.15) is 25.0 Å². The number of rotatable bonds is 17. The van der Waals surface area contributed by atoms with Crippen LogP contribution in [0.25, 0.3) is 0 Å². The fraction of sp³-hybridized carbons (Fsp3) is 0.481. The van der Waals surface area contributed by atoms with Gasteiger partial charge in [-0.3, -0.25) is 0 Å². The molecule has 0 aromatic heterocycles. The standard InChI is InChI=1S/C27H35ClO6/c1-4-13-30-14-15-31-16-17-32-18-19-33-25-9-5-22(6-10-25)27(2,3)23-7-11-26(12-8-23)34-21-24(29)20-28/h1,5-12,24,29H,13-21H2,2-3H3. The second-order valence-corrected chi connectivity index (χ2v) is 8.43. The lowest BCUT2D eigenvalue weighted by Crippen LogP contribution is -2.20. The molecule has 0 saturated carbocycles. The maximum atomic E-state index is 9.53. The van der Waals surface area contributed by atoms with Crippen LogP contribution in [-0.4, -0.2) is 69.9 Å². The Hall–Kier alpha value is -2.27. The van der Waals surface area contributed by atoms with Crippen molar-refractivity contribution in [1.82, 2.24) is 0 Å². The summed E-state index contributed by atoms with van der Waals surface area (Å²) in [6.45, 7) is 7.78. The smallest absolute Gasteiger partial charge is 0.119 e. The van der Waals surface area contributed by atoms with Crippen LogP contribution < -0.4 is 9.47 Å². The average Bonchev–Trinajstić information content (AvgIpc) is 2.86. The van der Waals surface area contributed by atoms with E-state index in [1.807, 2.05) is 36.4 Å². The van der Waals surface area contributed by atoms with E-state index in [4.69, 9.17) is 41.7 Å². The van der Waals surface area contributed by atoms with Gasteiger partial charge >= 0.3 is 0 Å². The molecule has 0 aliphatic heterocycles. The molecule has 0 saturated heterocycles. The molecule has 1 N–H and O–H groups in total. The first-order chi connectivity index (χ1) is 16.5. The van der Waals surface area contributed by atoms with Crippen LogP contribution in [0.2, 0.25) is 0 Å². The Morgan fingerprint density at radius 3 is 1.76 bits per heavy atom. The molecule has 0 amide bonds.